The second-order valence-corrected chi connectivity index (χ2v) is 10.9. The van der Waals surface area contributed by atoms with E-state index >= 15 is 0 Å². The van der Waals surface area contributed by atoms with Crippen LogP contribution in [0.2, 0.25) is 0 Å². The van der Waals surface area contributed by atoms with Crippen LogP contribution in [0.15, 0.2) is 0 Å². The van der Waals surface area contributed by atoms with Crippen LogP contribution in [0.1, 0.15) is 51.4 Å². The molecule has 3 aliphatic heterocycles. The quantitative estimate of drug-likeness (QED) is 0.732. The summed E-state index contributed by atoms with van der Waals surface area (Å²) >= 11 is 0. The lowest BCUT2D eigenvalue weighted by atomic mass is 9.67. The molecule has 2 atom stereocenters. The van der Waals surface area contributed by atoms with Gasteiger partial charge in [-0.25, -0.2) is 12.7 Å². The molecule has 154 valence electrons. The Bertz CT molecular complexity index is 641. The molecule has 7 nitrogen and oxygen atoms in total. The van der Waals surface area contributed by atoms with Gasteiger partial charge in [0.25, 0.3) is 0 Å². The number of carbonyl (C=O) groups excluding carboxylic acids is 1. The number of nitrogens with zero attached hydrogens (tertiary/aromatic N) is 1. The van der Waals surface area contributed by atoms with Gasteiger partial charge in [0.2, 0.25) is 15.9 Å². The van der Waals surface area contributed by atoms with Gasteiger partial charge in [0, 0.05) is 38.9 Å². The van der Waals surface area contributed by atoms with Crippen LogP contribution in [-0.2, 0) is 19.6 Å². The van der Waals surface area contributed by atoms with E-state index < -0.39 is 10.0 Å². The predicted octanol–water partition coefficient (Wildman–Crippen LogP) is 0.856. The van der Waals surface area contributed by atoms with E-state index in [1.54, 1.807) is 4.31 Å². The summed E-state index contributed by atoms with van der Waals surface area (Å²) in [5.74, 6) is 0.656. The van der Waals surface area contributed by atoms with Gasteiger partial charge in [-0.3, -0.25) is 4.79 Å². The number of piperidine rings is 1. The van der Waals surface area contributed by atoms with Crippen LogP contribution in [0.4, 0.5) is 0 Å². The number of hydrogen-bond acceptors (Lipinski definition) is 5. The monoisotopic (exact) mass is 399 g/mol. The van der Waals surface area contributed by atoms with Crippen molar-refractivity contribution in [1.82, 2.24) is 14.9 Å². The SMILES string of the molecule is O=C(NC1CCN(S(=O)(=O)C2CCOCC2)CC1)[C@@]12CCCC[C@H]1CNC2. The Kier molecular flexibility index (Phi) is 5.79. The molecule has 2 N–H and O–H groups in total. The van der Waals surface area contributed by atoms with Crippen LogP contribution in [0.25, 0.3) is 0 Å². The van der Waals surface area contributed by atoms with Crippen molar-refractivity contribution in [3.8, 4) is 0 Å². The third kappa shape index (κ3) is 3.78. The highest BCUT2D eigenvalue weighted by molar-refractivity contribution is 7.89. The number of hydrogen-bond donors (Lipinski definition) is 2. The number of rotatable bonds is 4. The van der Waals surface area contributed by atoms with Crippen LogP contribution < -0.4 is 10.6 Å². The van der Waals surface area contributed by atoms with Gasteiger partial charge in [0.05, 0.1) is 10.7 Å². The normalized spacial score (nSPS) is 34.3. The molecular formula is C19H33N3O4S. The van der Waals surface area contributed by atoms with Crippen molar-refractivity contribution in [3.63, 3.8) is 0 Å². The highest BCUT2D eigenvalue weighted by Crippen LogP contribution is 2.44. The summed E-state index contributed by atoms with van der Waals surface area (Å²) < 4.78 is 32.6. The Morgan fingerprint density at radius 1 is 1.07 bits per heavy atom. The summed E-state index contributed by atoms with van der Waals surface area (Å²) in [7, 11) is -3.24. The predicted molar refractivity (Wildman–Crippen MR) is 103 cm³/mol. The number of nitrogens with one attached hydrogen (secondary N) is 2. The highest BCUT2D eigenvalue weighted by Gasteiger charge is 2.50. The molecule has 4 aliphatic rings. The van der Waals surface area contributed by atoms with Gasteiger partial charge in [-0.05, 0) is 51.0 Å². The Morgan fingerprint density at radius 2 is 1.81 bits per heavy atom. The Hall–Kier alpha value is -0.700. The number of amides is 1. The van der Waals surface area contributed by atoms with Crippen molar-refractivity contribution in [2.75, 3.05) is 39.4 Å². The van der Waals surface area contributed by atoms with E-state index in [1.165, 1.54) is 6.42 Å². The van der Waals surface area contributed by atoms with Gasteiger partial charge in [0.1, 0.15) is 0 Å². The maximum atomic E-state index is 13.1. The molecule has 1 saturated carbocycles. The number of ether oxygens (including phenoxy) is 1. The van der Waals surface area contributed by atoms with Crippen LogP contribution in [0.3, 0.4) is 0 Å². The first-order valence-corrected chi connectivity index (χ1v) is 12.1. The summed E-state index contributed by atoms with van der Waals surface area (Å²) in [6.07, 6.45) is 7.09. The zero-order valence-corrected chi connectivity index (χ0v) is 16.9. The first kappa shape index (κ1) is 19.6. The maximum absolute atomic E-state index is 13.1. The fraction of sp³-hybridized carbons (Fsp3) is 0.947. The van der Waals surface area contributed by atoms with Crippen LogP contribution in [0, 0.1) is 11.3 Å². The minimum Gasteiger partial charge on any atom is -0.381 e. The van der Waals surface area contributed by atoms with Crippen molar-refractivity contribution in [2.45, 2.75) is 62.7 Å². The van der Waals surface area contributed by atoms with Gasteiger partial charge in [-0.2, -0.15) is 0 Å². The van der Waals surface area contributed by atoms with E-state index in [1.807, 2.05) is 0 Å². The molecule has 0 aromatic rings. The average molecular weight is 400 g/mol. The fourth-order valence-corrected chi connectivity index (χ4v) is 7.39. The van der Waals surface area contributed by atoms with Gasteiger partial charge in [-0.15, -0.1) is 0 Å². The summed E-state index contributed by atoms with van der Waals surface area (Å²) in [5.41, 5.74) is -0.233. The van der Waals surface area contributed by atoms with E-state index in [9.17, 15) is 13.2 Å². The molecule has 0 aromatic heterocycles. The fourth-order valence-electron chi connectivity index (χ4n) is 5.46. The summed E-state index contributed by atoms with van der Waals surface area (Å²) in [4.78, 5) is 13.1. The van der Waals surface area contributed by atoms with Gasteiger partial charge in [-0.1, -0.05) is 12.8 Å². The first-order valence-electron chi connectivity index (χ1n) is 10.6. The zero-order chi connectivity index (χ0) is 18.9. The molecule has 4 rings (SSSR count). The Morgan fingerprint density at radius 3 is 2.56 bits per heavy atom. The van der Waals surface area contributed by atoms with E-state index in [2.05, 4.69) is 10.6 Å². The van der Waals surface area contributed by atoms with Crippen molar-refractivity contribution in [3.05, 3.63) is 0 Å². The summed E-state index contributed by atoms with van der Waals surface area (Å²) in [6.45, 7) is 3.84. The minimum atomic E-state index is -3.24. The molecule has 0 spiro atoms. The lowest BCUT2D eigenvalue weighted by Crippen LogP contribution is -2.54. The largest absolute Gasteiger partial charge is 0.381 e. The molecule has 27 heavy (non-hydrogen) atoms. The third-order valence-electron chi connectivity index (χ3n) is 7.23. The molecule has 3 saturated heterocycles. The summed E-state index contributed by atoms with van der Waals surface area (Å²) in [5, 5.41) is 6.41. The average Bonchev–Trinajstić information content (AvgIpc) is 3.14. The topological polar surface area (TPSA) is 87.7 Å². The molecule has 0 unspecified atom stereocenters. The van der Waals surface area contributed by atoms with Crippen molar-refractivity contribution in [2.24, 2.45) is 11.3 Å². The van der Waals surface area contributed by atoms with Crippen molar-refractivity contribution >= 4 is 15.9 Å². The van der Waals surface area contributed by atoms with E-state index in [0.717, 1.165) is 32.4 Å². The Labute approximate surface area is 162 Å². The minimum absolute atomic E-state index is 0.0937. The van der Waals surface area contributed by atoms with Crippen LogP contribution in [0.5, 0.6) is 0 Å². The number of carbonyl (C=O) groups is 1. The lowest BCUT2D eigenvalue weighted by molar-refractivity contribution is -0.135. The lowest BCUT2D eigenvalue weighted by Gasteiger charge is -2.40. The van der Waals surface area contributed by atoms with Crippen LogP contribution >= 0.6 is 0 Å². The number of sulfonamides is 1. The summed E-state index contributed by atoms with van der Waals surface area (Å²) in [6, 6.07) is 0.0937. The standard InChI is InChI=1S/C19H33N3O4S/c23-18(19-8-2-1-3-15(19)13-20-14-19)21-16-4-9-22(10-5-16)27(24,25)17-6-11-26-12-7-17/h15-17,20H,1-14H2,(H,21,23)/t15-,19+/m0/s1. The molecule has 4 fully saturated rings. The molecule has 1 aliphatic carbocycles. The molecule has 8 heteroatoms. The molecule has 0 aromatic carbocycles. The van der Waals surface area contributed by atoms with Gasteiger partial charge < -0.3 is 15.4 Å². The number of fused-ring (bicyclic) bond motifs is 1. The van der Waals surface area contributed by atoms with Crippen molar-refractivity contribution in [1.29, 1.82) is 0 Å². The smallest absolute Gasteiger partial charge is 0.228 e. The maximum Gasteiger partial charge on any atom is 0.228 e. The third-order valence-corrected chi connectivity index (χ3v) is 9.63. The molecule has 1 amide bonds. The zero-order valence-electron chi connectivity index (χ0n) is 16.1. The van der Waals surface area contributed by atoms with Crippen molar-refractivity contribution < 1.29 is 17.9 Å². The second-order valence-electron chi connectivity index (χ2n) is 8.73. The van der Waals surface area contributed by atoms with Gasteiger partial charge >= 0.3 is 0 Å². The van der Waals surface area contributed by atoms with E-state index in [4.69, 9.17) is 4.74 Å². The first-order chi connectivity index (χ1) is 13.0. The van der Waals surface area contributed by atoms with E-state index in [-0.39, 0.29) is 22.6 Å². The van der Waals surface area contributed by atoms with Gasteiger partial charge in [0.15, 0.2) is 0 Å². The molecule has 3 heterocycles. The molecule has 0 bridgehead atoms. The second kappa shape index (κ2) is 7.97. The Balaban J connectivity index is 1.32. The molecule has 0 radical (unpaired) electrons. The van der Waals surface area contributed by atoms with Crippen LogP contribution in [-0.4, -0.2) is 69.3 Å². The van der Waals surface area contributed by atoms with E-state index in [0.29, 0.717) is 57.9 Å². The highest BCUT2D eigenvalue weighted by atomic mass is 32.2. The molecular weight excluding hydrogens is 366 g/mol.